The Morgan fingerprint density at radius 3 is 2.56 bits per heavy atom. The summed E-state index contributed by atoms with van der Waals surface area (Å²) in [5.41, 5.74) is 2.25. The Bertz CT molecular complexity index is 652. The lowest BCUT2D eigenvalue weighted by atomic mass is 9.83. The van der Waals surface area contributed by atoms with Gasteiger partial charge in [-0.1, -0.05) is 19.1 Å². The number of hydrogen-bond acceptors (Lipinski definition) is 5. The van der Waals surface area contributed by atoms with Gasteiger partial charge in [-0.3, -0.25) is 4.90 Å². The number of benzene rings is 1. The van der Waals surface area contributed by atoms with Crippen molar-refractivity contribution in [1.29, 1.82) is 0 Å². The molecule has 1 saturated heterocycles. The highest BCUT2D eigenvalue weighted by Crippen LogP contribution is 2.34. The number of carboxylic acids is 1. The van der Waals surface area contributed by atoms with Crippen molar-refractivity contribution in [2.24, 2.45) is 0 Å². The molecule has 0 unspecified atom stereocenters. The molecule has 6 nitrogen and oxygen atoms in total. The SMILES string of the molecule is CCCN1C[C@@H](CO)O[C@H]2Cc3c(O)cccc3C[C@@H]21.O=C(O)C(F)(F)F. The summed E-state index contributed by atoms with van der Waals surface area (Å²) < 4.78 is 37.8. The zero-order valence-electron chi connectivity index (χ0n) is 14.9. The third kappa shape index (κ3) is 5.33. The summed E-state index contributed by atoms with van der Waals surface area (Å²) in [6.45, 7) is 4.09. The topological polar surface area (TPSA) is 90.2 Å². The first-order valence-corrected chi connectivity index (χ1v) is 8.77. The maximum absolute atomic E-state index is 10.6. The number of aliphatic hydroxyl groups is 1. The number of aromatic hydroxyl groups is 1. The molecule has 1 fully saturated rings. The first-order chi connectivity index (χ1) is 12.7. The number of aliphatic hydroxyl groups excluding tert-OH is 1. The molecular formula is C18H24F3NO5. The lowest BCUT2D eigenvalue weighted by Crippen LogP contribution is -2.58. The summed E-state index contributed by atoms with van der Waals surface area (Å²) in [5, 5.41) is 26.6. The zero-order valence-corrected chi connectivity index (χ0v) is 14.9. The number of ether oxygens (including phenoxy) is 1. The van der Waals surface area contributed by atoms with Gasteiger partial charge in [-0.2, -0.15) is 13.2 Å². The average molecular weight is 391 g/mol. The quantitative estimate of drug-likeness (QED) is 0.730. The van der Waals surface area contributed by atoms with Gasteiger partial charge in [-0.25, -0.2) is 4.79 Å². The van der Waals surface area contributed by atoms with Crippen LogP contribution in [0.1, 0.15) is 24.5 Å². The predicted molar refractivity (Wildman–Crippen MR) is 90.6 cm³/mol. The summed E-state index contributed by atoms with van der Waals surface area (Å²) in [6, 6.07) is 6.13. The van der Waals surface area contributed by atoms with Crippen LogP contribution in [0, 0.1) is 0 Å². The van der Waals surface area contributed by atoms with Gasteiger partial charge in [0.15, 0.2) is 0 Å². The maximum atomic E-state index is 10.6. The Kier molecular flexibility index (Phi) is 7.07. The van der Waals surface area contributed by atoms with Crippen molar-refractivity contribution < 1.29 is 38.0 Å². The van der Waals surface area contributed by atoms with E-state index >= 15 is 0 Å². The summed E-state index contributed by atoms with van der Waals surface area (Å²) in [7, 11) is 0. The molecule has 0 bridgehead atoms. The highest BCUT2D eigenvalue weighted by molar-refractivity contribution is 5.73. The van der Waals surface area contributed by atoms with Crippen LogP contribution in [-0.4, -0.2) is 70.3 Å². The fraction of sp³-hybridized carbons (Fsp3) is 0.611. The molecule has 2 aliphatic rings. The van der Waals surface area contributed by atoms with Crippen molar-refractivity contribution in [2.75, 3.05) is 19.7 Å². The second-order valence-corrected chi connectivity index (χ2v) is 6.67. The van der Waals surface area contributed by atoms with E-state index in [2.05, 4.69) is 17.9 Å². The molecule has 1 heterocycles. The molecule has 0 saturated carbocycles. The number of phenolic OH excluding ortho intramolecular Hbond substituents is 1. The van der Waals surface area contributed by atoms with E-state index in [9.17, 15) is 23.4 Å². The van der Waals surface area contributed by atoms with Gasteiger partial charge in [0.1, 0.15) is 5.75 Å². The van der Waals surface area contributed by atoms with E-state index in [-0.39, 0.29) is 18.8 Å². The first-order valence-electron chi connectivity index (χ1n) is 8.77. The number of halogens is 3. The Labute approximate surface area is 155 Å². The minimum atomic E-state index is -5.08. The van der Waals surface area contributed by atoms with Crippen LogP contribution in [0.15, 0.2) is 18.2 Å². The van der Waals surface area contributed by atoms with E-state index in [4.69, 9.17) is 14.6 Å². The molecular weight excluding hydrogens is 367 g/mol. The number of aliphatic carboxylic acids is 1. The predicted octanol–water partition coefficient (Wildman–Crippen LogP) is 1.96. The number of carboxylic acid groups (broad SMARTS) is 1. The first kappa shape index (κ1) is 21.5. The number of nitrogens with zero attached hydrogens (tertiary/aromatic N) is 1. The third-order valence-electron chi connectivity index (χ3n) is 4.74. The number of alkyl halides is 3. The number of phenols is 1. The van der Waals surface area contributed by atoms with Crippen LogP contribution < -0.4 is 0 Å². The van der Waals surface area contributed by atoms with Gasteiger partial charge in [-0.05, 0) is 36.6 Å². The van der Waals surface area contributed by atoms with Crippen LogP contribution >= 0.6 is 0 Å². The van der Waals surface area contributed by atoms with Gasteiger partial charge in [0.25, 0.3) is 0 Å². The summed E-state index contributed by atoms with van der Waals surface area (Å²) in [6.07, 6.45) is -2.34. The fourth-order valence-corrected chi connectivity index (χ4v) is 3.58. The average Bonchev–Trinajstić information content (AvgIpc) is 2.61. The van der Waals surface area contributed by atoms with Gasteiger partial charge in [-0.15, -0.1) is 0 Å². The van der Waals surface area contributed by atoms with E-state index in [1.165, 1.54) is 5.56 Å². The van der Waals surface area contributed by atoms with E-state index in [1.807, 2.05) is 6.07 Å². The standard InChI is InChI=1S/C16H23NO3.C2HF3O2/c1-2-6-17-9-12(10-18)20-16-8-13-11(7-14(16)17)4-3-5-15(13)19;3-2(4,5)1(6)7/h3-5,12,14,16,18-19H,2,6-10H2,1H3;(H,6,7)/t12-,14-,16-;/m0./s1. The van der Waals surface area contributed by atoms with Crippen LogP contribution in [0.3, 0.4) is 0 Å². The number of rotatable bonds is 3. The molecule has 152 valence electrons. The molecule has 0 aromatic heterocycles. The highest BCUT2D eigenvalue weighted by atomic mass is 19.4. The lowest BCUT2D eigenvalue weighted by Gasteiger charge is -2.47. The molecule has 27 heavy (non-hydrogen) atoms. The molecule has 9 heteroatoms. The number of carbonyl (C=O) groups is 1. The Hall–Kier alpha value is -1.84. The Morgan fingerprint density at radius 2 is 2.00 bits per heavy atom. The normalized spacial score (nSPS) is 25.0. The van der Waals surface area contributed by atoms with Crippen LogP contribution in [0.4, 0.5) is 13.2 Å². The monoisotopic (exact) mass is 391 g/mol. The van der Waals surface area contributed by atoms with Crippen LogP contribution in [0.5, 0.6) is 5.75 Å². The van der Waals surface area contributed by atoms with Gasteiger partial charge in [0.05, 0.1) is 18.8 Å². The van der Waals surface area contributed by atoms with Gasteiger partial charge >= 0.3 is 12.1 Å². The maximum Gasteiger partial charge on any atom is 0.490 e. The smallest absolute Gasteiger partial charge is 0.490 e. The van der Waals surface area contributed by atoms with Crippen molar-refractivity contribution in [1.82, 2.24) is 4.90 Å². The summed E-state index contributed by atoms with van der Waals surface area (Å²) >= 11 is 0. The molecule has 3 N–H and O–H groups in total. The van der Waals surface area contributed by atoms with Crippen molar-refractivity contribution in [3.05, 3.63) is 29.3 Å². The van der Waals surface area contributed by atoms with Gasteiger partial charge in [0, 0.05) is 19.0 Å². The van der Waals surface area contributed by atoms with Crippen LogP contribution in [-0.2, 0) is 22.4 Å². The molecule has 3 rings (SSSR count). The van der Waals surface area contributed by atoms with Gasteiger partial charge < -0.3 is 20.1 Å². The molecule has 0 radical (unpaired) electrons. The van der Waals surface area contributed by atoms with E-state index in [0.717, 1.165) is 37.9 Å². The van der Waals surface area contributed by atoms with Gasteiger partial charge in [0.2, 0.25) is 0 Å². The number of hydrogen-bond donors (Lipinski definition) is 3. The molecule has 1 aliphatic carbocycles. The molecule has 1 aliphatic heterocycles. The Morgan fingerprint density at radius 1 is 1.33 bits per heavy atom. The van der Waals surface area contributed by atoms with Crippen LogP contribution in [0.2, 0.25) is 0 Å². The van der Waals surface area contributed by atoms with Crippen LogP contribution in [0.25, 0.3) is 0 Å². The molecule has 1 aromatic rings. The molecule has 0 amide bonds. The van der Waals surface area contributed by atoms with Crippen molar-refractivity contribution >= 4 is 5.97 Å². The molecule has 0 spiro atoms. The largest absolute Gasteiger partial charge is 0.508 e. The Balaban J connectivity index is 0.000000321. The second-order valence-electron chi connectivity index (χ2n) is 6.67. The van der Waals surface area contributed by atoms with E-state index < -0.39 is 12.1 Å². The minimum Gasteiger partial charge on any atom is -0.508 e. The fourth-order valence-electron chi connectivity index (χ4n) is 3.58. The van der Waals surface area contributed by atoms with Crippen molar-refractivity contribution in [3.63, 3.8) is 0 Å². The minimum absolute atomic E-state index is 0.0665. The second kappa shape index (κ2) is 8.90. The van der Waals surface area contributed by atoms with E-state index in [1.54, 1.807) is 6.07 Å². The third-order valence-corrected chi connectivity index (χ3v) is 4.74. The number of morpholine rings is 1. The highest BCUT2D eigenvalue weighted by Gasteiger charge is 2.40. The van der Waals surface area contributed by atoms with E-state index in [0.29, 0.717) is 11.8 Å². The lowest BCUT2D eigenvalue weighted by molar-refractivity contribution is -0.192. The summed E-state index contributed by atoms with van der Waals surface area (Å²) in [4.78, 5) is 11.3. The van der Waals surface area contributed by atoms with Crippen molar-refractivity contribution in [3.8, 4) is 5.75 Å². The number of fused-ring (bicyclic) bond motifs is 2. The summed E-state index contributed by atoms with van der Waals surface area (Å²) in [5.74, 6) is -2.38. The molecule has 1 aromatic carbocycles. The zero-order chi connectivity index (χ0) is 20.2. The van der Waals surface area contributed by atoms with Crippen molar-refractivity contribution in [2.45, 2.75) is 50.6 Å². The molecule has 3 atom stereocenters.